The van der Waals surface area contributed by atoms with Gasteiger partial charge in [0.2, 0.25) is 5.95 Å². The fraction of sp³-hybridized carbons (Fsp3) is 0.389. The molecular weight excluding hydrogens is 388 g/mol. The van der Waals surface area contributed by atoms with Crippen LogP contribution >= 0.6 is 15.9 Å². The van der Waals surface area contributed by atoms with Crippen molar-refractivity contribution < 1.29 is 18.4 Å². The van der Waals surface area contributed by atoms with Gasteiger partial charge in [0, 0.05) is 27.8 Å². The molecule has 25 heavy (non-hydrogen) atoms. The highest BCUT2D eigenvalue weighted by atomic mass is 79.9. The Morgan fingerprint density at radius 2 is 1.76 bits per heavy atom. The summed E-state index contributed by atoms with van der Waals surface area (Å²) in [6.07, 6.45) is 1.43. The van der Waals surface area contributed by atoms with Gasteiger partial charge < -0.3 is 14.0 Å². The molecule has 132 valence electrons. The maximum Gasteiger partial charge on any atom is 0.498 e. The molecule has 2 aromatic rings. The lowest BCUT2D eigenvalue weighted by Gasteiger charge is -2.32. The lowest BCUT2D eigenvalue weighted by Crippen LogP contribution is -2.41. The number of methoxy groups -OCH3 is 1. The topological polar surface area (TPSA) is 40.6 Å². The maximum absolute atomic E-state index is 13.6. The molecule has 1 saturated heterocycles. The fourth-order valence-electron chi connectivity index (χ4n) is 2.77. The van der Waals surface area contributed by atoms with Crippen LogP contribution in [0.1, 0.15) is 27.7 Å². The van der Waals surface area contributed by atoms with Gasteiger partial charge in [-0.2, -0.15) is 4.39 Å². The second-order valence-electron chi connectivity index (χ2n) is 7.03. The van der Waals surface area contributed by atoms with Crippen LogP contribution in [-0.2, 0) is 9.31 Å². The van der Waals surface area contributed by atoms with Crippen LogP contribution in [0.2, 0.25) is 0 Å². The van der Waals surface area contributed by atoms with E-state index < -0.39 is 24.3 Å². The highest BCUT2D eigenvalue weighted by Gasteiger charge is 2.52. The molecule has 0 spiro atoms. The van der Waals surface area contributed by atoms with E-state index in [1.807, 2.05) is 39.8 Å². The minimum Gasteiger partial charge on any atom is -0.496 e. The number of rotatable bonds is 3. The Morgan fingerprint density at radius 1 is 1.12 bits per heavy atom. The van der Waals surface area contributed by atoms with E-state index in [1.54, 1.807) is 13.2 Å². The number of hydrogen-bond acceptors (Lipinski definition) is 4. The van der Waals surface area contributed by atoms with Crippen molar-refractivity contribution in [3.05, 3.63) is 40.9 Å². The zero-order chi connectivity index (χ0) is 18.4. The summed E-state index contributed by atoms with van der Waals surface area (Å²) < 4.78 is 32.4. The molecule has 3 rings (SSSR count). The minimum atomic E-state index is -0.581. The highest BCUT2D eigenvalue weighted by molar-refractivity contribution is 9.10. The number of benzene rings is 1. The highest BCUT2D eigenvalue weighted by Crippen LogP contribution is 2.39. The lowest BCUT2D eigenvalue weighted by molar-refractivity contribution is 0.00578. The summed E-state index contributed by atoms with van der Waals surface area (Å²) in [5.74, 6) is 0.0454. The summed E-state index contributed by atoms with van der Waals surface area (Å²) >= 11 is 3.52. The van der Waals surface area contributed by atoms with E-state index in [4.69, 9.17) is 14.0 Å². The van der Waals surface area contributed by atoms with Crippen LogP contribution in [0.25, 0.3) is 11.1 Å². The second-order valence-corrected chi connectivity index (χ2v) is 7.95. The van der Waals surface area contributed by atoms with Crippen molar-refractivity contribution in [2.45, 2.75) is 38.9 Å². The van der Waals surface area contributed by atoms with Gasteiger partial charge in [-0.05, 0) is 51.5 Å². The van der Waals surface area contributed by atoms with Crippen LogP contribution in [-0.4, -0.2) is 30.4 Å². The molecule has 1 aliphatic rings. The van der Waals surface area contributed by atoms with Gasteiger partial charge in [0.25, 0.3) is 0 Å². The summed E-state index contributed by atoms with van der Waals surface area (Å²) in [6, 6.07) is 6.89. The first-order chi connectivity index (χ1) is 11.6. The number of pyridine rings is 1. The van der Waals surface area contributed by atoms with Crippen molar-refractivity contribution in [2.24, 2.45) is 0 Å². The Kier molecular flexibility index (Phi) is 4.68. The summed E-state index contributed by atoms with van der Waals surface area (Å²) in [5.41, 5.74) is 1.23. The zero-order valence-corrected chi connectivity index (χ0v) is 16.5. The average molecular weight is 408 g/mol. The third-order valence-corrected chi connectivity index (χ3v) is 5.29. The van der Waals surface area contributed by atoms with E-state index in [-0.39, 0.29) is 0 Å². The number of aromatic nitrogens is 1. The normalized spacial score (nSPS) is 18.4. The zero-order valence-electron chi connectivity index (χ0n) is 14.9. The summed E-state index contributed by atoms with van der Waals surface area (Å²) in [7, 11) is 1.00. The molecule has 2 heterocycles. The summed E-state index contributed by atoms with van der Waals surface area (Å²) in [4.78, 5) is 3.61. The van der Waals surface area contributed by atoms with E-state index in [0.29, 0.717) is 11.3 Å². The third-order valence-electron chi connectivity index (χ3n) is 4.83. The minimum absolute atomic E-state index is 0.464. The maximum atomic E-state index is 13.6. The molecular formula is C18H20BBrFNO3. The number of nitrogens with zero attached hydrogens (tertiary/aromatic N) is 1. The fourth-order valence-corrected chi connectivity index (χ4v) is 3.25. The van der Waals surface area contributed by atoms with Gasteiger partial charge >= 0.3 is 7.12 Å². The first-order valence-electron chi connectivity index (χ1n) is 7.99. The molecule has 1 aromatic heterocycles. The van der Waals surface area contributed by atoms with Gasteiger partial charge in [-0.3, -0.25) is 0 Å². The first kappa shape index (κ1) is 18.4. The van der Waals surface area contributed by atoms with Crippen molar-refractivity contribution >= 4 is 28.5 Å². The third kappa shape index (κ3) is 3.33. The molecule has 1 aliphatic heterocycles. The second kappa shape index (κ2) is 6.38. The molecule has 0 atom stereocenters. The summed E-state index contributed by atoms with van der Waals surface area (Å²) in [5, 5.41) is 0. The molecule has 0 amide bonds. The van der Waals surface area contributed by atoms with Crippen molar-refractivity contribution in [2.75, 3.05) is 7.11 Å². The van der Waals surface area contributed by atoms with Crippen molar-refractivity contribution in [3.8, 4) is 16.9 Å². The van der Waals surface area contributed by atoms with Gasteiger partial charge in [-0.1, -0.05) is 15.9 Å². The molecule has 0 saturated carbocycles. The monoisotopic (exact) mass is 407 g/mol. The van der Waals surface area contributed by atoms with Gasteiger partial charge in [0.1, 0.15) is 5.75 Å². The van der Waals surface area contributed by atoms with E-state index in [2.05, 4.69) is 20.9 Å². The van der Waals surface area contributed by atoms with Crippen LogP contribution in [0.15, 0.2) is 34.9 Å². The van der Waals surface area contributed by atoms with Crippen LogP contribution in [0.4, 0.5) is 4.39 Å². The molecule has 0 radical (unpaired) electrons. The molecule has 7 heteroatoms. The van der Waals surface area contributed by atoms with E-state index in [0.717, 1.165) is 15.5 Å². The van der Waals surface area contributed by atoms with E-state index in [9.17, 15) is 4.39 Å². The quantitative estimate of drug-likeness (QED) is 0.570. The van der Waals surface area contributed by atoms with Crippen molar-refractivity contribution in [3.63, 3.8) is 0 Å². The Balaban J connectivity index is 2.13. The molecule has 1 aromatic carbocycles. The Morgan fingerprint density at radius 3 is 2.32 bits per heavy atom. The van der Waals surface area contributed by atoms with Crippen molar-refractivity contribution in [1.29, 1.82) is 0 Å². The smallest absolute Gasteiger partial charge is 0.496 e. The average Bonchev–Trinajstić information content (AvgIpc) is 2.74. The molecule has 4 nitrogen and oxygen atoms in total. The Labute approximate surface area is 156 Å². The number of halogens is 2. The lowest BCUT2D eigenvalue weighted by atomic mass is 9.77. The Bertz CT molecular complexity index is 797. The van der Waals surface area contributed by atoms with Gasteiger partial charge in [-0.25, -0.2) is 4.98 Å². The Hall–Kier alpha value is -1.44. The predicted molar refractivity (Wildman–Crippen MR) is 99.6 cm³/mol. The molecule has 0 N–H and O–H groups in total. The van der Waals surface area contributed by atoms with Crippen LogP contribution in [0.3, 0.4) is 0 Å². The van der Waals surface area contributed by atoms with E-state index >= 15 is 0 Å². The first-order valence-corrected chi connectivity index (χ1v) is 8.79. The molecule has 0 bridgehead atoms. The predicted octanol–water partition coefficient (Wildman–Crippen LogP) is 3.96. The standard InChI is InChI=1S/C18H20BBrFNO3/c1-17(2)18(3,4)25-19(24-17)14-10-12(20)9-13(16(14)23-5)11-6-7-22-15(21)8-11/h6-10H,1-5H3. The van der Waals surface area contributed by atoms with Gasteiger partial charge in [-0.15, -0.1) is 0 Å². The van der Waals surface area contributed by atoms with Crippen LogP contribution < -0.4 is 10.2 Å². The summed E-state index contributed by atoms with van der Waals surface area (Å²) in [6.45, 7) is 7.99. The van der Waals surface area contributed by atoms with Gasteiger partial charge in [0.15, 0.2) is 0 Å². The molecule has 0 aliphatic carbocycles. The van der Waals surface area contributed by atoms with Crippen LogP contribution in [0.5, 0.6) is 5.75 Å². The van der Waals surface area contributed by atoms with Gasteiger partial charge in [0.05, 0.1) is 18.3 Å². The number of ether oxygens (including phenoxy) is 1. The molecule has 1 fully saturated rings. The molecule has 0 unspecified atom stereocenters. The largest absolute Gasteiger partial charge is 0.498 e. The number of hydrogen-bond donors (Lipinski definition) is 0. The van der Waals surface area contributed by atoms with Crippen LogP contribution in [0, 0.1) is 5.95 Å². The SMILES string of the molecule is COc1c(B2OC(C)(C)C(C)(C)O2)cc(Br)cc1-c1ccnc(F)c1. The van der Waals surface area contributed by atoms with E-state index in [1.165, 1.54) is 12.3 Å². The van der Waals surface area contributed by atoms with Crippen molar-refractivity contribution in [1.82, 2.24) is 4.98 Å².